The molecule has 0 aliphatic carbocycles. The molecule has 0 bridgehead atoms. The normalized spacial score (nSPS) is 12.6. The van der Waals surface area contributed by atoms with Gasteiger partial charge in [-0.15, -0.1) is 17.9 Å². The van der Waals surface area contributed by atoms with Gasteiger partial charge in [-0.1, -0.05) is 34.1 Å². The molecule has 3 aromatic rings. The van der Waals surface area contributed by atoms with Crippen LogP contribution < -0.4 is 4.80 Å². The van der Waals surface area contributed by atoms with Crippen LogP contribution in [0.15, 0.2) is 79.7 Å². The fourth-order valence-corrected chi connectivity index (χ4v) is 3.26. The van der Waals surface area contributed by atoms with Gasteiger partial charge in [0.05, 0.1) is 18.5 Å². The molecule has 0 fully saturated rings. The van der Waals surface area contributed by atoms with Gasteiger partial charge in [0, 0.05) is 15.4 Å². The molecule has 0 unspecified atom stereocenters. The van der Waals surface area contributed by atoms with E-state index in [1.165, 1.54) is 0 Å². The highest BCUT2D eigenvalue weighted by Crippen LogP contribution is 2.22. The number of hydrogen-bond donors (Lipinski definition) is 0. The minimum absolute atomic E-state index is 0.551. The molecule has 2 aromatic heterocycles. The van der Waals surface area contributed by atoms with Crippen molar-refractivity contribution in [3.8, 4) is 11.3 Å². The number of hydrogen-bond acceptors (Lipinski definition) is 4. The topological polar surface area (TPSA) is 42.8 Å². The summed E-state index contributed by atoms with van der Waals surface area (Å²) in [5.74, 6) is 0.741. The molecule has 0 saturated heterocycles. The van der Waals surface area contributed by atoms with Crippen LogP contribution in [-0.4, -0.2) is 16.9 Å². The van der Waals surface area contributed by atoms with E-state index < -0.39 is 0 Å². The Kier molecular flexibility index (Phi) is 5.27. The summed E-state index contributed by atoms with van der Waals surface area (Å²) >= 11 is 5.02. The fourth-order valence-electron chi connectivity index (χ4n) is 2.15. The van der Waals surface area contributed by atoms with Crippen molar-refractivity contribution in [2.45, 2.75) is 6.92 Å². The summed E-state index contributed by atoms with van der Waals surface area (Å²) < 4.78 is 8.33. The molecule has 0 radical (unpaired) electrons. The molecule has 0 aliphatic heterocycles. The molecule has 3 rings (SSSR count). The predicted octanol–water partition coefficient (Wildman–Crippen LogP) is 4.93. The number of halogens is 1. The average molecular weight is 402 g/mol. The summed E-state index contributed by atoms with van der Waals surface area (Å²) in [7, 11) is 0. The molecule has 0 atom stereocenters. The number of benzene rings is 1. The smallest absolute Gasteiger partial charge is 0.206 e. The van der Waals surface area contributed by atoms with Crippen molar-refractivity contribution in [3.63, 3.8) is 0 Å². The summed E-state index contributed by atoms with van der Waals surface area (Å²) in [5.41, 5.74) is 2.85. The Hall–Kier alpha value is -2.18. The number of thiazole rings is 1. The minimum Gasteiger partial charge on any atom is -0.463 e. The maximum absolute atomic E-state index is 5.43. The van der Waals surface area contributed by atoms with Crippen LogP contribution in [0, 0.1) is 0 Å². The Bertz CT molecular complexity index is 918. The largest absolute Gasteiger partial charge is 0.463 e. The Morgan fingerprint density at radius 3 is 2.79 bits per heavy atom. The number of rotatable bonds is 5. The molecule has 2 heterocycles. The molecule has 0 amide bonds. The van der Waals surface area contributed by atoms with Crippen LogP contribution in [-0.2, 0) is 0 Å². The maximum atomic E-state index is 5.43. The summed E-state index contributed by atoms with van der Waals surface area (Å²) in [5, 5.41) is 6.78. The van der Waals surface area contributed by atoms with Crippen molar-refractivity contribution < 1.29 is 4.42 Å². The van der Waals surface area contributed by atoms with Gasteiger partial charge in [0.15, 0.2) is 0 Å². The van der Waals surface area contributed by atoms with Gasteiger partial charge in [-0.3, -0.25) is 4.99 Å². The van der Waals surface area contributed by atoms with Crippen molar-refractivity contribution in [1.29, 1.82) is 0 Å². The van der Waals surface area contributed by atoms with Gasteiger partial charge in [-0.05, 0) is 31.2 Å². The molecule has 4 nitrogen and oxygen atoms in total. The standard InChI is InChI=1S/C18H16BrN3OS/c1-3-10-20-18-22(21-13(2)17-5-4-11-23-17)16(12-24-18)14-6-8-15(19)9-7-14/h3-9,11-12H,1,10H2,2H3. The lowest BCUT2D eigenvalue weighted by Crippen LogP contribution is -2.14. The van der Waals surface area contributed by atoms with Crippen LogP contribution in [0.5, 0.6) is 0 Å². The maximum Gasteiger partial charge on any atom is 0.206 e. The second-order valence-corrected chi connectivity index (χ2v) is 6.77. The summed E-state index contributed by atoms with van der Waals surface area (Å²) in [4.78, 5) is 5.36. The molecule has 24 heavy (non-hydrogen) atoms. The van der Waals surface area contributed by atoms with Crippen LogP contribution in [0.25, 0.3) is 11.3 Å². The molecule has 0 N–H and O–H groups in total. The highest BCUT2D eigenvalue weighted by molar-refractivity contribution is 9.10. The first-order valence-corrected chi connectivity index (χ1v) is 9.03. The third kappa shape index (κ3) is 3.66. The lowest BCUT2D eigenvalue weighted by Gasteiger charge is -2.05. The van der Waals surface area contributed by atoms with Crippen molar-refractivity contribution in [3.05, 3.63) is 75.7 Å². The van der Waals surface area contributed by atoms with E-state index in [-0.39, 0.29) is 0 Å². The van der Waals surface area contributed by atoms with E-state index in [1.54, 1.807) is 23.7 Å². The Balaban J connectivity index is 2.13. The van der Waals surface area contributed by atoms with E-state index in [2.05, 4.69) is 45.0 Å². The number of aromatic nitrogens is 1. The van der Waals surface area contributed by atoms with Gasteiger partial charge in [-0.25, -0.2) is 4.68 Å². The quantitative estimate of drug-likeness (QED) is 0.441. The number of nitrogens with zero attached hydrogens (tertiary/aromatic N) is 3. The molecular formula is C18H16BrN3OS. The van der Waals surface area contributed by atoms with Crippen LogP contribution >= 0.6 is 27.3 Å². The Labute approximate surface area is 152 Å². The highest BCUT2D eigenvalue weighted by atomic mass is 79.9. The monoisotopic (exact) mass is 401 g/mol. The lowest BCUT2D eigenvalue weighted by molar-refractivity contribution is 0.556. The van der Waals surface area contributed by atoms with Gasteiger partial charge in [0.2, 0.25) is 4.80 Å². The highest BCUT2D eigenvalue weighted by Gasteiger charge is 2.09. The fraction of sp³-hybridized carbons (Fsp3) is 0.111. The number of furan rings is 1. The molecule has 0 saturated carbocycles. The average Bonchev–Trinajstić information content (AvgIpc) is 3.24. The minimum atomic E-state index is 0.551. The molecule has 6 heteroatoms. The Morgan fingerprint density at radius 2 is 2.12 bits per heavy atom. The van der Waals surface area contributed by atoms with Crippen molar-refractivity contribution in [2.24, 2.45) is 10.1 Å². The third-order valence-corrected chi connectivity index (χ3v) is 4.69. The van der Waals surface area contributed by atoms with Crippen LogP contribution in [0.1, 0.15) is 12.7 Å². The predicted molar refractivity (Wildman–Crippen MR) is 102 cm³/mol. The first kappa shape index (κ1) is 16.7. The van der Waals surface area contributed by atoms with Gasteiger partial charge in [0.1, 0.15) is 11.5 Å². The molecule has 0 spiro atoms. The van der Waals surface area contributed by atoms with Gasteiger partial charge < -0.3 is 4.42 Å². The summed E-state index contributed by atoms with van der Waals surface area (Å²) in [6, 6.07) is 11.9. The zero-order valence-electron chi connectivity index (χ0n) is 13.1. The van der Waals surface area contributed by atoms with Crippen LogP contribution in [0.3, 0.4) is 0 Å². The second kappa shape index (κ2) is 7.59. The zero-order chi connectivity index (χ0) is 16.9. The van der Waals surface area contributed by atoms with E-state index in [0.29, 0.717) is 6.54 Å². The molecule has 1 aromatic carbocycles. The van der Waals surface area contributed by atoms with Crippen molar-refractivity contribution in [1.82, 2.24) is 4.68 Å². The first-order chi connectivity index (χ1) is 11.7. The van der Waals surface area contributed by atoms with E-state index in [9.17, 15) is 0 Å². The van der Waals surface area contributed by atoms with E-state index in [4.69, 9.17) is 9.52 Å². The Morgan fingerprint density at radius 1 is 1.33 bits per heavy atom. The first-order valence-electron chi connectivity index (χ1n) is 7.36. The second-order valence-electron chi connectivity index (χ2n) is 5.01. The summed E-state index contributed by atoms with van der Waals surface area (Å²) in [6.45, 7) is 6.20. The van der Waals surface area contributed by atoms with Crippen molar-refractivity contribution >= 4 is 33.0 Å². The summed E-state index contributed by atoms with van der Waals surface area (Å²) in [6.07, 6.45) is 3.41. The van der Waals surface area contributed by atoms with Crippen molar-refractivity contribution in [2.75, 3.05) is 6.54 Å². The lowest BCUT2D eigenvalue weighted by atomic mass is 10.2. The molecular weight excluding hydrogens is 386 g/mol. The van der Waals surface area contributed by atoms with E-state index in [0.717, 1.165) is 32.0 Å². The van der Waals surface area contributed by atoms with E-state index >= 15 is 0 Å². The van der Waals surface area contributed by atoms with E-state index in [1.807, 2.05) is 35.9 Å². The van der Waals surface area contributed by atoms with Gasteiger partial charge in [-0.2, -0.15) is 5.10 Å². The zero-order valence-corrected chi connectivity index (χ0v) is 15.5. The molecule has 122 valence electrons. The van der Waals surface area contributed by atoms with Crippen LogP contribution in [0.4, 0.5) is 0 Å². The van der Waals surface area contributed by atoms with Crippen LogP contribution in [0.2, 0.25) is 0 Å². The third-order valence-electron chi connectivity index (χ3n) is 3.31. The molecule has 0 aliphatic rings. The van der Waals surface area contributed by atoms with Gasteiger partial charge >= 0.3 is 0 Å². The van der Waals surface area contributed by atoms with Gasteiger partial charge in [0.25, 0.3) is 0 Å². The SMILES string of the molecule is C=CCN=c1scc(-c2ccc(Br)cc2)n1N=C(C)c1ccco1.